The van der Waals surface area contributed by atoms with Crippen molar-refractivity contribution in [1.82, 2.24) is 20.0 Å². The Balaban J connectivity index is 1.49. The fraction of sp³-hybridized carbons (Fsp3) is 0.944. The van der Waals surface area contributed by atoms with Crippen LogP contribution in [0.15, 0.2) is 0 Å². The monoisotopic (exact) mass is 338 g/mol. The summed E-state index contributed by atoms with van der Waals surface area (Å²) in [4.78, 5) is 19.8. The van der Waals surface area contributed by atoms with Crippen molar-refractivity contribution in [2.45, 2.75) is 44.2 Å². The van der Waals surface area contributed by atoms with Gasteiger partial charge in [-0.3, -0.25) is 4.90 Å². The predicted molar refractivity (Wildman–Crippen MR) is 95.2 cm³/mol. The number of piperidine rings is 2. The van der Waals surface area contributed by atoms with E-state index in [4.69, 9.17) is 4.74 Å². The molecule has 3 aliphatic heterocycles. The molecule has 3 aliphatic rings. The van der Waals surface area contributed by atoms with Crippen molar-refractivity contribution in [1.29, 1.82) is 0 Å². The fourth-order valence-corrected chi connectivity index (χ4v) is 4.77. The number of hydrogen-bond donors (Lipinski definition) is 1. The molecule has 0 radical (unpaired) electrons. The summed E-state index contributed by atoms with van der Waals surface area (Å²) < 4.78 is 5.20. The summed E-state index contributed by atoms with van der Waals surface area (Å²) >= 11 is 0. The number of ether oxygens (including phenoxy) is 1. The zero-order chi connectivity index (χ0) is 16.9. The van der Waals surface area contributed by atoms with Crippen LogP contribution in [-0.2, 0) is 4.74 Å². The predicted octanol–water partition coefficient (Wildman–Crippen LogP) is 1.22. The Hall–Kier alpha value is -0.850. The van der Waals surface area contributed by atoms with Crippen molar-refractivity contribution in [2.24, 2.45) is 5.92 Å². The normalized spacial score (nSPS) is 31.9. The Morgan fingerprint density at radius 3 is 2.83 bits per heavy atom. The SMILES string of the molecule is COCCN1CCC[C@@H]1CNC(=O)N1CCC[C@@H]2CN(C)CC[C@H]21. The zero-order valence-corrected chi connectivity index (χ0v) is 15.4. The third kappa shape index (κ3) is 4.21. The quantitative estimate of drug-likeness (QED) is 0.819. The van der Waals surface area contributed by atoms with Gasteiger partial charge in [-0.15, -0.1) is 0 Å². The topological polar surface area (TPSA) is 48.1 Å². The number of urea groups is 1. The van der Waals surface area contributed by atoms with Crippen LogP contribution < -0.4 is 5.32 Å². The summed E-state index contributed by atoms with van der Waals surface area (Å²) in [5, 5.41) is 3.24. The molecule has 0 aromatic carbocycles. The highest BCUT2D eigenvalue weighted by Crippen LogP contribution is 2.30. The minimum absolute atomic E-state index is 0.160. The van der Waals surface area contributed by atoms with Gasteiger partial charge in [0.15, 0.2) is 0 Å². The second-order valence-electron chi connectivity index (χ2n) is 7.72. The van der Waals surface area contributed by atoms with E-state index in [2.05, 4.69) is 27.1 Å². The molecular weight excluding hydrogens is 304 g/mol. The highest BCUT2D eigenvalue weighted by Gasteiger charge is 2.37. The van der Waals surface area contributed by atoms with Crippen LogP contribution in [0.5, 0.6) is 0 Å². The van der Waals surface area contributed by atoms with Crippen LogP contribution in [0.4, 0.5) is 4.79 Å². The number of fused-ring (bicyclic) bond motifs is 1. The molecule has 3 atom stereocenters. The largest absolute Gasteiger partial charge is 0.383 e. The molecule has 0 aromatic rings. The van der Waals surface area contributed by atoms with Crippen molar-refractivity contribution < 1.29 is 9.53 Å². The van der Waals surface area contributed by atoms with Crippen molar-refractivity contribution in [3.05, 3.63) is 0 Å². The molecule has 3 fully saturated rings. The highest BCUT2D eigenvalue weighted by molar-refractivity contribution is 5.74. The Kier molecular flexibility index (Phi) is 6.36. The van der Waals surface area contributed by atoms with Crippen LogP contribution in [0.3, 0.4) is 0 Å². The fourth-order valence-electron chi connectivity index (χ4n) is 4.77. The first-order valence-electron chi connectivity index (χ1n) is 9.65. The van der Waals surface area contributed by atoms with E-state index in [0.29, 0.717) is 18.0 Å². The molecule has 6 heteroatoms. The van der Waals surface area contributed by atoms with Crippen LogP contribution in [0, 0.1) is 5.92 Å². The molecule has 2 amide bonds. The Labute approximate surface area is 146 Å². The van der Waals surface area contributed by atoms with Gasteiger partial charge < -0.3 is 19.9 Å². The van der Waals surface area contributed by atoms with Crippen LogP contribution >= 0.6 is 0 Å². The van der Waals surface area contributed by atoms with E-state index in [0.717, 1.165) is 58.7 Å². The molecule has 3 rings (SSSR count). The van der Waals surface area contributed by atoms with E-state index < -0.39 is 0 Å². The number of carbonyl (C=O) groups is 1. The molecule has 3 heterocycles. The van der Waals surface area contributed by atoms with Crippen molar-refractivity contribution in [3.63, 3.8) is 0 Å². The van der Waals surface area contributed by atoms with Gasteiger partial charge in [0.25, 0.3) is 0 Å². The van der Waals surface area contributed by atoms with Gasteiger partial charge in [-0.25, -0.2) is 4.79 Å². The Bertz CT molecular complexity index is 420. The average Bonchev–Trinajstić information content (AvgIpc) is 3.04. The maximum atomic E-state index is 12.8. The zero-order valence-electron chi connectivity index (χ0n) is 15.4. The van der Waals surface area contributed by atoms with E-state index in [-0.39, 0.29) is 6.03 Å². The number of likely N-dealkylation sites (tertiary alicyclic amines) is 3. The second kappa shape index (κ2) is 8.50. The number of methoxy groups -OCH3 is 1. The van der Waals surface area contributed by atoms with Crippen LogP contribution in [0.1, 0.15) is 32.1 Å². The molecular formula is C18H34N4O2. The molecule has 3 saturated heterocycles. The lowest BCUT2D eigenvalue weighted by molar-refractivity contribution is 0.0526. The van der Waals surface area contributed by atoms with E-state index in [9.17, 15) is 4.79 Å². The molecule has 0 spiro atoms. The summed E-state index contributed by atoms with van der Waals surface area (Å²) in [7, 11) is 3.95. The number of amides is 2. The lowest BCUT2D eigenvalue weighted by Gasteiger charge is -2.46. The lowest BCUT2D eigenvalue weighted by atomic mass is 9.84. The lowest BCUT2D eigenvalue weighted by Crippen LogP contribution is -2.58. The minimum Gasteiger partial charge on any atom is -0.383 e. The highest BCUT2D eigenvalue weighted by atomic mass is 16.5. The van der Waals surface area contributed by atoms with Crippen molar-refractivity contribution in [2.75, 3.05) is 60.0 Å². The Morgan fingerprint density at radius 1 is 1.17 bits per heavy atom. The number of hydrogen-bond acceptors (Lipinski definition) is 4. The van der Waals surface area contributed by atoms with Gasteiger partial charge in [0.05, 0.1) is 6.61 Å². The van der Waals surface area contributed by atoms with Crippen LogP contribution in [-0.4, -0.2) is 92.8 Å². The molecule has 0 unspecified atom stereocenters. The maximum absolute atomic E-state index is 12.8. The molecule has 0 aromatic heterocycles. The number of nitrogens with one attached hydrogen (secondary N) is 1. The second-order valence-corrected chi connectivity index (χ2v) is 7.72. The first kappa shape index (κ1) is 18.0. The van der Waals surface area contributed by atoms with Gasteiger partial charge in [0.1, 0.15) is 0 Å². The van der Waals surface area contributed by atoms with Gasteiger partial charge >= 0.3 is 6.03 Å². The molecule has 0 bridgehead atoms. The first-order valence-corrected chi connectivity index (χ1v) is 9.65. The molecule has 1 N–H and O–H groups in total. The van der Waals surface area contributed by atoms with Gasteiger partial charge in [0, 0.05) is 45.4 Å². The summed E-state index contributed by atoms with van der Waals surface area (Å²) in [5.41, 5.74) is 0. The average molecular weight is 338 g/mol. The van der Waals surface area contributed by atoms with Crippen molar-refractivity contribution in [3.8, 4) is 0 Å². The third-order valence-corrected chi connectivity index (χ3v) is 6.10. The Morgan fingerprint density at radius 2 is 2.00 bits per heavy atom. The molecule has 0 aliphatic carbocycles. The van der Waals surface area contributed by atoms with Gasteiger partial charge in [-0.2, -0.15) is 0 Å². The standard InChI is InChI=1S/C18H34N4O2/c1-20-10-7-17-15(14-20)5-3-9-22(17)18(23)19-13-16-6-4-8-21(16)11-12-24-2/h15-17H,3-14H2,1-2H3,(H,19,23)/t15-,16-,17-/m1/s1. The first-order chi connectivity index (χ1) is 11.7. The summed E-state index contributed by atoms with van der Waals surface area (Å²) in [6, 6.07) is 1.08. The summed E-state index contributed by atoms with van der Waals surface area (Å²) in [6.45, 7) is 6.82. The van der Waals surface area contributed by atoms with Crippen LogP contribution in [0.2, 0.25) is 0 Å². The van der Waals surface area contributed by atoms with Crippen LogP contribution in [0.25, 0.3) is 0 Å². The summed E-state index contributed by atoms with van der Waals surface area (Å²) in [5.74, 6) is 0.660. The van der Waals surface area contributed by atoms with E-state index >= 15 is 0 Å². The van der Waals surface area contributed by atoms with E-state index in [1.54, 1.807) is 7.11 Å². The maximum Gasteiger partial charge on any atom is 0.317 e. The molecule has 6 nitrogen and oxygen atoms in total. The van der Waals surface area contributed by atoms with Gasteiger partial charge in [-0.1, -0.05) is 0 Å². The van der Waals surface area contributed by atoms with E-state index in [1.807, 2.05) is 0 Å². The third-order valence-electron chi connectivity index (χ3n) is 6.10. The number of carbonyl (C=O) groups excluding carboxylic acids is 1. The number of rotatable bonds is 5. The summed E-state index contributed by atoms with van der Waals surface area (Å²) in [6.07, 6.45) is 5.95. The number of nitrogens with zero attached hydrogens (tertiary/aromatic N) is 3. The van der Waals surface area contributed by atoms with Crippen molar-refractivity contribution >= 4 is 6.03 Å². The molecule has 0 saturated carbocycles. The van der Waals surface area contributed by atoms with E-state index in [1.165, 1.54) is 19.3 Å². The van der Waals surface area contributed by atoms with Gasteiger partial charge in [-0.05, 0) is 58.2 Å². The minimum atomic E-state index is 0.160. The molecule has 138 valence electrons. The van der Waals surface area contributed by atoms with Gasteiger partial charge in [0.2, 0.25) is 0 Å². The molecule has 24 heavy (non-hydrogen) atoms. The smallest absolute Gasteiger partial charge is 0.317 e.